The van der Waals surface area contributed by atoms with Gasteiger partial charge in [-0.15, -0.1) is 0 Å². The van der Waals surface area contributed by atoms with Crippen LogP contribution in [0.4, 0.5) is 0 Å². The van der Waals surface area contributed by atoms with Gasteiger partial charge in [-0.25, -0.2) is 0 Å². The molecule has 23 heavy (non-hydrogen) atoms. The molecule has 0 aromatic heterocycles. The Morgan fingerprint density at radius 1 is 1.09 bits per heavy atom. The lowest BCUT2D eigenvalue weighted by Crippen LogP contribution is -2.42. The topological polar surface area (TPSA) is 18.5 Å². The fourth-order valence-electron chi connectivity index (χ4n) is 5.50. The lowest BCUT2D eigenvalue weighted by Gasteiger charge is -2.47. The van der Waals surface area contributed by atoms with E-state index >= 15 is 0 Å². The van der Waals surface area contributed by atoms with Crippen molar-refractivity contribution in [3.05, 3.63) is 22.8 Å². The van der Waals surface area contributed by atoms with E-state index in [0.29, 0.717) is 17.3 Å². The molecule has 1 fully saturated rings. The monoisotopic (exact) mass is 316 g/mol. The summed E-state index contributed by atoms with van der Waals surface area (Å²) in [6.07, 6.45) is 5.07. The fourth-order valence-corrected chi connectivity index (χ4v) is 5.50. The van der Waals surface area contributed by atoms with Gasteiger partial charge in [0.2, 0.25) is 0 Å². The van der Waals surface area contributed by atoms with Crippen LogP contribution >= 0.6 is 0 Å². The predicted molar refractivity (Wildman–Crippen MR) is 95.8 cm³/mol. The molecule has 0 spiro atoms. The summed E-state index contributed by atoms with van der Waals surface area (Å²) in [5.41, 5.74) is 4.80. The fraction of sp³-hybridized carbons (Fsp3) is 0.714. The summed E-state index contributed by atoms with van der Waals surface area (Å²) in [5, 5.41) is 0. The van der Waals surface area contributed by atoms with Crippen molar-refractivity contribution < 1.29 is 9.47 Å². The number of fused-ring (bicyclic) bond motifs is 3. The Morgan fingerprint density at radius 3 is 2.35 bits per heavy atom. The van der Waals surface area contributed by atoms with Crippen molar-refractivity contribution in [2.75, 3.05) is 14.2 Å². The minimum Gasteiger partial charge on any atom is -0.496 e. The second-order valence-corrected chi connectivity index (χ2v) is 8.72. The molecule has 0 N–H and O–H groups in total. The third-order valence-electron chi connectivity index (χ3n) is 6.64. The third kappa shape index (κ3) is 2.28. The van der Waals surface area contributed by atoms with Crippen LogP contribution in [0.2, 0.25) is 0 Å². The van der Waals surface area contributed by atoms with E-state index in [1.807, 2.05) is 7.11 Å². The van der Waals surface area contributed by atoms with Crippen LogP contribution in [0.5, 0.6) is 11.5 Å². The Bertz CT molecular complexity index is 615. The highest BCUT2D eigenvalue weighted by atomic mass is 16.5. The standard InChI is InChI=1S/C21H32O2/c1-13(2)18-16(22-6)12-15-14(19(18)23-7)11-17-20(3,4)9-8-10-21(15,17)5/h12-13,17H,8-11H2,1-7H3/t17-,21-/m1/s1. The lowest BCUT2D eigenvalue weighted by atomic mass is 9.57. The minimum absolute atomic E-state index is 0.257. The highest BCUT2D eigenvalue weighted by Crippen LogP contribution is 2.61. The van der Waals surface area contributed by atoms with Crippen molar-refractivity contribution in [2.45, 2.75) is 71.6 Å². The van der Waals surface area contributed by atoms with Gasteiger partial charge in [-0.1, -0.05) is 41.0 Å². The Morgan fingerprint density at radius 2 is 1.78 bits per heavy atom. The summed E-state index contributed by atoms with van der Waals surface area (Å²) in [4.78, 5) is 0. The molecule has 0 aliphatic heterocycles. The highest BCUT2D eigenvalue weighted by Gasteiger charge is 2.53. The van der Waals surface area contributed by atoms with Crippen molar-refractivity contribution in [1.29, 1.82) is 0 Å². The third-order valence-corrected chi connectivity index (χ3v) is 6.64. The molecule has 2 heteroatoms. The first-order chi connectivity index (χ1) is 10.8. The predicted octanol–water partition coefficient (Wildman–Crippen LogP) is 5.47. The van der Waals surface area contributed by atoms with E-state index in [9.17, 15) is 0 Å². The molecule has 2 atom stereocenters. The lowest BCUT2D eigenvalue weighted by molar-refractivity contribution is 0.0701. The first kappa shape index (κ1) is 16.7. The van der Waals surface area contributed by atoms with Crippen molar-refractivity contribution in [3.8, 4) is 11.5 Å². The van der Waals surface area contributed by atoms with E-state index in [2.05, 4.69) is 40.7 Å². The van der Waals surface area contributed by atoms with Crippen LogP contribution in [0, 0.1) is 11.3 Å². The van der Waals surface area contributed by atoms with Gasteiger partial charge in [-0.3, -0.25) is 0 Å². The first-order valence-electron chi connectivity index (χ1n) is 9.04. The summed E-state index contributed by atoms with van der Waals surface area (Å²) >= 11 is 0. The maximum Gasteiger partial charge on any atom is 0.129 e. The van der Waals surface area contributed by atoms with Crippen molar-refractivity contribution >= 4 is 0 Å². The minimum atomic E-state index is 0.257. The Kier molecular flexibility index (Phi) is 3.93. The summed E-state index contributed by atoms with van der Waals surface area (Å²) in [5.74, 6) is 3.18. The van der Waals surface area contributed by atoms with Gasteiger partial charge in [0.05, 0.1) is 14.2 Å². The van der Waals surface area contributed by atoms with Crippen LogP contribution in [0.3, 0.4) is 0 Å². The van der Waals surface area contributed by atoms with Crippen LogP contribution in [-0.2, 0) is 11.8 Å². The molecule has 1 saturated carbocycles. The number of ether oxygens (including phenoxy) is 2. The van der Waals surface area contributed by atoms with Gasteiger partial charge in [-0.05, 0) is 59.1 Å². The molecule has 3 rings (SSSR count). The van der Waals surface area contributed by atoms with Crippen LogP contribution in [-0.4, -0.2) is 14.2 Å². The van der Waals surface area contributed by atoms with E-state index < -0.39 is 0 Å². The molecular weight excluding hydrogens is 284 g/mol. The van der Waals surface area contributed by atoms with E-state index in [1.165, 1.54) is 36.0 Å². The van der Waals surface area contributed by atoms with Gasteiger partial charge >= 0.3 is 0 Å². The number of methoxy groups -OCH3 is 2. The molecule has 0 amide bonds. The Labute approximate surface area is 141 Å². The summed E-state index contributed by atoms with van der Waals surface area (Å²) in [6.45, 7) is 11.8. The number of rotatable bonds is 3. The maximum atomic E-state index is 5.93. The second-order valence-electron chi connectivity index (χ2n) is 8.72. The van der Waals surface area contributed by atoms with Gasteiger partial charge in [0.15, 0.2) is 0 Å². The second kappa shape index (κ2) is 5.43. The zero-order valence-electron chi connectivity index (χ0n) is 15.9. The number of benzene rings is 1. The normalized spacial score (nSPS) is 28.4. The first-order valence-corrected chi connectivity index (χ1v) is 9.04. The smallest absolute Gasteiger partial charge is 0.129 e. The summed E-state index contributed by atoms with van der Waals surface area (Å²) in [6, 6.07) is 2.33. The van der Waals surface area contributed by atoms with E-state index in [-0.39, 0.29) is 5.41 Å². The van der Waals surface area contributed by atoms with Crippen molar-refractivity contribution in [3.63, 3.8) is 0 Å². The molecule has 2 aliphatic carbocycles. The van der Waals surface area contributed by atoms with Gasteiger partial charge in [0.1, 0.15) is 11.5 Å². The molecular formula is C21H32O2. The molecule has 0 heterocycles. The Hall–Kier alpha value is -1.18. The number of hydrogen-bond donors (Lipinski definition) is 0. The average Bonchev–Trinajstić information content (AvgIpc) is 2.79. The Balaban J connectivity index is 2.24. The molecule has 2 nitrogen and oxygen atoms in total. The van der Waals surface area contributed by atoms with E-state index in [0.717, 1.165) is 17.9 Å². The number of hydrogen-bond acceptors (Lipinski definition) is 2. The van der Waals surface area contributed by atoms with E-state index in [4.69, 9.17) is 9.47 Å². The molecule has 0 radical (unpaired) electrons. The molecule has 0 saturated heterocycles. The molecule has 1 aromatic rings. The zero-order chi connectivity index (χ0) is 17.0. The quantitative estimate of drug-likeness (QED) is 0.736. The maximum absolute atomic E-state index is 5.93. The summed E-state index contributed by atoms with van der Waals surface area (Å²) < 4.78 is 11.7. The van der Waals surface area contributed by atoms with Crippen molar-refractivity contribution in [2.24, 2.45) is 11.3 Å². The van der Waals surface area contributed by atoms with Crippen LogP contribution in [0.1, 0.15) is 76.5 Å². The molecule has 0 bridgehead atoms. The molecule has 1 aromatic carbocycles. The van der Waals surface area contributed by atoms with Gasteiger partial charge in [-0.2, -0.15) is 0 Å². The van der Waals surface area contributed by atoms with Gasteiger partial charge in [0.25, 0.3) is 0 Å². The van der Waals surface area contributed by atoms with Crippen LogP contribution in [0.15, 0.2) is 6.07 Å². The van der Waals surface area contributed by atoms with Crippen LogP contribution in [0.25, 0.3) is 0 Å². The van der Waals surface area contributed by atoms with Gasteiger partial charge in [0, 0.05) is 5.56 Å². The SMILES string of the molecule is COc1cc2c(c(OC)c1C(C)C)C[C@@H]1C(C)(C)CCC[C@]21C. The largest absolute Gasteiger partial charge is 0.496 e. The van der Waals surface area contributed by atoms with E-state index in [1.54, 1.807) is 7.11 Å². The molecule has 0 unspecified atom stereocenters. The zero-order valence-corrected chi connectivity index (χ0v) is 15.9. The summed E-state index contributed by atoms with van der Waals surface area (Å²) in [7, 11) is 3.60. The highest BCUT2D eigenvalue weighted by molar-refractivity contribution is 5.60. The average molecular weight is 316 g/mol. The molecule has 2 aliphatic rings. The van der Waals surface area contributed by atoms with Crippen molar-refractivity contribution in [1.82, 2.24) is 0 Å². The van der Waals surface area contributed by atoms with Crippen LogP contribution < -0.4 is 9.47 Å². The molecule has 128 valence electrons. The van der Waals surface area contributed by atoms with Gasteiger partial charge < -0.3 is 9.47 Å².